The van der Waals surface area contributed by atoms with E-state index in [0.717, 1.165) is 34.2 Å². The van der Waals surface area contributed by atoms with E-state index in [-0.39, 0.29) is 10.8 Å². The lowest BCUT2D eigenvalue weighted by molar-refractivity contribution is 0.592. The molecule has 0 unspecified atom stereocenters. The molecule has 4 heterocycles. The largest absolute Gasteiger partial charge is 0.260 e. The van der Waals surface area contributed by atoms with E-state index in [9.17, 15) is 0 Å². The average molecular weight is 395 g/mol. The van der Waals surface area contributed by atoms with Crippen molar-refractivity contribution in [2.24, 2.45) is 0 Å². The van der Waals surface area contributed by atoms with Crippen LogP contribution in [0.4, 0.5) is 0 Å². The van der Waals surface area contributed by atoms with Gasteiger partial charge in [-0.25, -0.2) is 0 Å². The summed E-state index contributed by atoms with van der Waals surface area (Å²) in [7, 11) is 0. The van der Waals surface area contributed by atoms with Gasteiger partial charge in [-0.2, -0.15) is 0 Å². The summed E-state index contributed by atoms with van der Waals surface area (Å²) < 4.78 is 0. The summed E-state index contributed by atoms with van der Waals surface area (Å²) in [6.07, 6.45) is 3.65. The summed E-state index contributed by atoms with van der Waals surface area (Å²) >= 11 is 0. The Morgan fingerprint density at radius 1 is 0.467 bits per heavy atom. The van der Waals surface area contributed by atoms with Gasteiger partial charge in [0.2, 0.25) is 0 Å². The van der Waals surface area contributed by atoms with Crippen molar-refractivity contribution in [2.45, 2.75) is 38.5 Å². The van der Waals surface area contributed by atoms with E-state index in [1.165, 1.54) is 0 Å². The molecule has 0 radical (unpaired) electrons. The van der Waals surface area contributed by atoms with Crippen molar-refractivity contribution in [3.63, 3.8) is 0 Å². The zero-order valence-corrected chi connectivity index (χ0v) is 17.9. The van der Waals surface area contributed by atoms with Crippen LogP contribution in [0.3, 0.4) is 0 Å². The smallest absolute Gasteiger partial charge is 0.0889 e. The quantitative estimate of drug-likeness (QED) is 0.443. The topological polar surface area (TPSA) is 51.6 Å². The van der Waals surface area contributed by atoms with E-state index in [1.807, 2.05) is 73.1 Å². The summed E-state index contributed by atoms with van der Waals surface area (Å²) in [5.74, 6) is 0. The number of aromatic nitrogens is 4. The summed E-state index contributed by atoms with van der Waals surface area (Å²) in [5, 5.41) is 0. The van der Waals surface area contributed by atoms with Gasteiger partial charge in [0.25, 0.3) is 0 Å². The molecule has 4 rings (SSSR count). The Morgan fingerprint density at radius 2 is 0.867 bits per heavy atom. The summed E-state index contributed by atoms with van der Waals surface area (Å²) in [4.78, 5) is 19.0. The van der Waals surface area contributed by atoms with E-state index < -0.39 is 0 Å². The van der Waals surface area contributed by atoms with Crippen molar-refractivity contribution >= 4 is 0 Å². The molecule has 4 aromatic heterocycles. The van der Waals surface area contributed by atoms with Crippen LogP contribution in [0.15, 0.2) is 85.2 Å². The van der Waals surface area contributed by atoms with Gasteiger partial charge in [0.15, 0.2) is 0 Å². The van der Waals surface area contributed by atoms with Gasteiger partial charge in [0, 0.05) is 23.2 Å². The van der Waals surface area contributed by atoms with Crippen LogP contribution in [0.5, 0.6) is 0 Å². The van der Waals surface area contributed by atoms with Gasteiger partial charge < -0.3 is 0 Å². The first-order valence-electron chi connectivity index (χ1n) is 10.2. The molecular formula is C26H26N4. The molecular weight excluding hydrogens is 368 g/mol. The molecule has 0 N–H and O–H groups in total. The second-order valence-corrected chi connectivity index (χ2v) is 8.50. The van der Waals surface area contributed by atoms with Crippen molar-refractivity contribution in [1.29, 1.82) is 0 Å². The van der Waals surface area contributed by atoms with Crippen LogP contribution in [0, 0.1) is 0 Å². The molecule has 0 bridgehead atoms. The predicted octanol–water partition coefficient (Wildman–Crippen LogP) is 5.59. The molecule has 30 heavy (non-hydrogen) atoms. The Kier molecular flexibility index (Phi) is 5.17. The number of hydrogen-bond acceptors (Lipinski definition) is 4. The average Bonchev–Trinajstić information content (AvgIpc) is 2.80. The molecule has 0 aliphatic carbocycles. The van der Waals surface area contributed by atoms with Gasteiger partial charge >= 0.3 is 0 Å². The molecule has 0 aromatic carbocycles. The normalized spacial score (nSPS) is 12.0. The van der Waals surface area contributed by atoms with Crippen molar-refractivity contribution < 1.29 is 0 Å². The number of rotatable bonds is 5. The molecule has 0 atom stereocenters. The second kappa shape index (κ2) is 7.79. The SMILES string of the molecule is CC(C)(c1ccccn1)c1cccc(-c2cccc(C(C)(C)c3ccccn3)n2)n1. The first-order chi connectivity index (χ1) is 14.4. The van der Waals surface area contributed by atoms with Gasteiger partial charge in [-0.3, -0.25) is 19.9 Å². The third kappa shape index (κ3) is 3.73. The van der Waals surface area contributed by atoms with Crippen molar-refractivity contribution in [3.05, 3.63) is 108 Å². The molecule has 4 nitrogen and oxygen atoms in total. The minimum Gasteiger partial charge on any atom is -0.260 e. The monoisotopic (exact) mass is 394 g/mol. The van der Waals surface area contributed by atoms with Crippen LogP contribution < -0.4 is 0 Å². The Hall–Kier alpha value is -3.40. The van der Waals surface area contributed by atoms with E-state index in [1.54, 1.807) is 0 Å². The van der Waals surface area contributed by atoms with Crippen molar-refractivity contribution in [1.82, 2.24) is 19.9 Å². The molecule has 0 spiro atoms. The minimum absolute atomic E-state index is 0.303. The Morgan fingerprint density at radius 3 is 1.23 bits per heavy atom. The lowest BCUT2D eigenvalue weighted by Crippen LogP contribution is -2.23. The maximum atomic E-state index is 4.97. The van der Waals surface area contributed by atoms with Crippen LogP contribution >= 0.6 is 0 Å². The second-order valence-electron chi connectivity index (χ2n) is 8.50. The highest BCUT2D eigenvalue weighted by molar-refractivity contribution is 5.55. The highest BCUT2D eigenvalue weighted by atomic mass is 14.8. The fourth-order valence-corrected chi connectivity index (χ4v) is 3.58. The van der Waals surface area contributed by atoms with Gasteiger partial charge in [0.05, 0.1) is 34.2 Å². The standard InChI is InChI=1S/C26H26N4/c1-25(2,21-13-5-7-17-27-21)23-15-9-11-19(29-23)20-12-10-16-24(30-20)26(3,4)22-14-6-8-18-28-22/h5-18H,1-4H3. The van der Waals surface area contributed by atoms with Crippen molar-refractivity contribution in [3.8, 4) is 11.4 Å². The lowest BCUT2D eigenvalue weighted by Gasteiger charge is -2.25. The highest BCUT2D eigenvalue weighted by Gasteiger charge is 2.28. The molecule has 0 saturated heterocycles. The van der Waals surface area contributed by atoms with Crippen LogP contribution in [-0.4, -0.2) is 19.9 Å². The molecule has 0 saturated carbocycles. The number of hydrogen-bond donors (Lipinski definition) is 0. The van der Waals surface area contributed by atoms with E-state index in [0.29, 0.717) is 0 Å². The van der Waals surface area contributed by atoms with Gasteiger partial charge in [0.1, 0.15) is 0 Å². The first kappa shape index (κ1) is 19.9. The minimum atomic E-state index is -0.303. The number of pyridine rings is 4. The lowest BCUT2D eigenvalue weighted by atomic mass is 9.84. The molecule has 0 fully saturated rings. The van der Waals surface area contributed by atoms with E-state index >= 15 is 0 Å². The Balaban J connectivity index is 1.73. The predicted molar refractivity (Wildman–Crippen MR) is 120 cm³/mol. The van der Waals surface area contributed by atoms with E-state index in [4.69, 9.17) is 9.97 Å². The van der Waals surface area contributed by atoms with Gasteiger partial charge in [-0.15, -0.1) is 0 Å². The molecule has 4 heteroatoms. The van der Waals surface area contributed by atoms with Gasteiger partial charge in [-0.05, 0) is 76.2 Å². The Bertz CT molecular complexity index is 1040. The fourth-order valence-electron chi connectivity index (χ4n) is 3.58. The summed E-state index contributed by atoms with van der Waals surface area (Å²) in [5.41, 5.74) is 5.03. The Labute approximate surface area is 178 Å². The molecule has 150 valence electrons. The fraction of sp³-hybridized carbons (Fsp3) is 0.231. The van der Waals surface area contributed by atoms with E-state index in [2.05, 4.69) is 49.8 Å². The third-order valence-electron chi connectivity index (χ3n) is 5.65. The zero-order valence-electron chi connectivity index (χ0n) is 17.9. The highest BCUT2D eigenvalue weighted by Crippen LogP contribution is 2.32. The van der Waals surface area contributed by atoms with Gasteiger partial charge in [-0.1, -0.05) is 24.3 Å². The van der Waals surface area contributed by atoms with Crippen LogP contribution in [-0.2, 0) is 10.8 Å². The van der Waals surface area contributed by atoms with Crippen LogP contribution in [0.2, 0.25) is 0 Å². The van der Waals surface area contributed by atoms with Crippen LogP contribution in [0.1, 0.15) is 50.5 Å². The van der Waals surface area contributed by atoms with Crippen molar-refractivity contribution in [2.75, 3.05) is 0 Å². The van der Waals surface area contributed by atoms with Crippen LogP contribution in [0.25, 0.3) is 11.4 Å². The first-order valence-corrected chi connectivity index (χ1v) is 10.2. The number of nitrogens with zero attached hydrogens (tertiary/aromatic N) is 4. The summed E-state index contributed by atoms with van der Waals surface area (Å²) in [6, 6.07) is 24.2. The third-order valence-corrected chi connectivity index (χ3v) is 5.65. The summed E-state index contributed by atoms with van der Waals surface area (Å²) in [6.45, 7) is 8.59. The molecule has 0 amide bonds. The molecule has 0 aliphatic heterocycles. The maximum Gasteiger partial charge on any atom is 0.0889 e. The zero-order chi connectivity index (χ0) is 21.2. The maximum absolute atomic E-state index is 4.97. The molecule has 0 aliphatic rings. The molecule has 4 aromatic rings.